The van der Waals surface area contributed by atoms with Crippen LogP contribution in [0.4, 0.5) is 17.1 Å². The van der Waals surface area contributed by atoms with Crippen molar-refractivity contribution in [2.24, 2.45) is 0 Å². The van der Waals surface area contributed by atoms with Crippen LogP contribution in [0, 0.1) is 0 Å². The number of hydrogen-bond acceptors (Lipinski definition) is 1. The zero-order chi connectivity index (χ0) is 45.9. The second-order valence-corrected chi connectivity index (χ2v) is 17.6. The van der Waals surface area contributed by atoms with Crippen molar-refractivity contribution in [3.05, 3.63) is 285 Å². The molecule has 69 heavy (non-hydrogen) atoms. The third-order valence-corrected chi connectivity index (χ3v) is 13.5. The van der Waals surface area contributed by atoms with Gasteiger partial charge in [-0.1, -0.05) is 249 Å². The summed E-state index contributed by atoms with van der Waals surface area (Å²) in [6.45, 7) is 0. The number of hydrogen-bond donors (Lipinski definition) is 0. The van der Waals surface area contributed by atoms with Gasteiger partial charge in [-0.25, -0.2) is 0 Å². The molecule has 0 aromatic heterocycles. The Morgan fingerprint density at radius 2 is 0.609 bits per heavy atom. The normalized spacial score (nSPS) is 11.2. The highest BCUT2D eigenvalue weighted by atomic mass is 15.1. The van der Waals surface area contributed by atoms with Gasteiger partial charge in [0.1, 0.15) is 0 Å². The van der Waals surface area contributed by atoms with Gasteiger partial charge in [0.2, 0.25) is 0 Å². The zero-order valence-electron chi connectivity index (χ0n) is 38.1. The van der Waals surface area contributed by atoms with Gasteiger partial charge in [0.15, 0.2) is 0 Å². The lowest BCUT2D eigenvalue weighted by atomic mass is 9.84. The van der Waals surface area contributed by atoms with E-state index in [1.807, 2.05) is 0 Å². The molecule has 0 amide bonds. The fraction of sp³-hybridized carbons (Fsp3) is 0. The molecule has 324 valence electrons. The second-order valence-electron chi connectivity index (χ2n) is 17.6. The van der Waals surface area contributed by atoms with Gasteiger partial charge in [0, 0.05) is 22.2 Å². The maximum atomic E-state index is 2.51. The van der Waals surface area contributed by atoms with Crippen LogP contribution in [0.1, 0.15) is 0 Å². The lowest BCUT2D eigenvalue weighted by Crippen LogP contribution is -2.12. The van der Waals surface area contributed by atoms with Crippen molar-refractivity contribution in [2.45, 2.75) is 0 Å². The van der Waals surface area contributed by atoms with Crippen LogP contribution in [0.5, 0.6) is 0 Å². The molecule has 0 fully saturated rings. The second kappa shape index (κ2) is 18.3. The van der Waals surface area contributed by atoms with Crippen molar-refractivity contribution in [1.82, 2.24) is 0 Å². The van der Waals surface area contributed by atoms with Crippen molar-refractivity contribution in [3.63, 3.8) is 0 Å². The Hall–Kier alpha value is -9.04. The average Bonchev–Trinajstić information content (AvgIpc) is 3.44. The van der Waals surface area contributed by atoms with Gasteiger partial charge in [0.25, 0.3) is 0 Å². The molecule has 0 atom stereocenters. The molecule has 0 radical (unpaired) electrons. The van der Waals surface area contributed by atoms with E-state index >= 15 is 0 Å². The molecule has 12 aromatic rings. The van der Waals surface area contributed by atoms with Crippen molar-refractivity contribution in [2.75, 3.05) is 4.90 Å². The Labute approximate surface area is 404 Å². The van der Waals surface area contributed by atoms with Gasteiger partial charge < -0.3 is 4.90 Å². The molecule has 0 bridgehead atoms. The highest BCUT2D eigenvalue weighted by molar-refractivity contribution is 6.25. The first-order chi connectivity index (χ1) is 34.3. The minimum Gasteiger partial charge on any atom is -0.309 e. The average molecular weight is 878 g/mol. The quantitative estimate of drug-likeness (QED) is 0.124. The van der Waals surface area contributed by atoms with Gasteiger partial charge >= 0.3 is 0 Å². The highest BCUT2D eigenvalue weighted by Crippen LogP contribution is 2.52. The van der Waals surface area contributed by atoms with E-state index in [2.05, 4.69) is 290 Å². The molecule has 0 unspecified atom stereocenters. The Morgan fingerprint density at radius 1 is 0.203 bits per heavy atom. The summed E-state index contributed by atoms with van der Waals surface area (Å²) in [5, 5.41) is 4.85. The molecule has 0 saturated heterocycles. The molecule has 1 heteroatoms. The van der Waals surface area contributed by atoms with E-state index in [1.54, 1.807) is 0 Å². The van der Waals surface area contributed by atoms with E-state index in [0.717, 1.165) is 33.8 Å². The number of rotatable bonds is 10. The topological polar surface area (TPSA) is 3.24 Å². The van der Waals surface area contributed by atoms with Gasteiger partial charge in [-0.2, -0.15) is 0 Å². The molecule has 0 aliphatic rings. The molecule has 12 aromatic carbocycles. The van der Waals surface area contributed by atoms with E-state index in [0.29, 0.717) is 0 Å². The van der Waals surface area contributed by atoms with Crippen LogP contribution >= 0.6 is 0 Å². The molecule has 0 heterocycles. The summed E-state index contributed by atoms with van der Waals surface area (Å²) in [6.07, 6.45) is 0. The summed E-state index contributed by atoms with van der Waals surface area (Å²) in [5.74, 6) is 0. The summed E-state index contributed by atoms with van der Waals surface area (Å²) in [5.41, 5.74) is 19.8. The first kappa shape index (κ1) is 41.4. The SMILES string of the molecule is c1ccc(-c2ccc(-c3ccc(N(c4ccc(-c5ccccc5)cc4-c4ccccc4)c4cccc5c4c(-c4ccccc4)c(-c4ccccc4)c4ccccc45)cc3)c(-c3ccccc3)c2)cc1. The van der Waals surface area contributed by atoms with Crippen LogP contribution in [0.15, 0.2) is 285 Å². The molecule has 12 rings (SSSR count). The summed E-state index contributed by atoms with van der Waals surface area (Å²) < 4.78 is 0. The lowest BCUT2D eigenvalue weighted by molar-refractivity contribution is 1.30. The van der Waals surface area contributed by atoms with Crippen molar-refractivity contribution in [3.8, 4) is 77.9 Å². The minimum absolute atomic E-state index is 1.06. The number of anilines is 3. The van der Waals surface area contributed by atoms with Gasteiger partial charge in [-0.15, -0.1) is 0 Å². The third kappa shape index (κ3) is 7.86. The number of nitrogens with zero attached hydrogens (tertiary/aromatic N) is 1. The lowest BCUT2D eigenvalue weighted by Gasteiger charge is -2.31. The van der Waals surface area contributed by atoms with Gasteiger partial charge in [-0.05, 0) is 119 Å². The fourth-order valence-corrected chi connectivity index (χ4v) is 10.3. The Kier molecular flexibility index (Phi) is 11.0. The van der Waals surface area contributed by atoms with Crippen LogP contribution < -0.4 is 4.90 Å². The van der Waals surface area contributed by atoms with E-state index < -0.39 is 0 Å². The highest BCUT2D eigenvalue weighted by Gasteiger charge is 2.26. The fourth-order valence-electron chi connectivity index (χ4n) is 10.3. The van der Waals surface area contributed by atoms with Crippen molar-refractivity contribution in [1.29, 1.82) is 0 Å². The summed E-state index contributed by atoms with van der Waals surface area (Å²) >= 11 is 0. The van der Waals surface area contributed by atoms with Gasteiger partial charge in [-0.3, -0.25) is 0 Å². The van der Waals surface area contributed by atoms with E-state index in [-0.39, 0.29) is 0 Å². The van der Waals surface area contributed by atoms with Crippen molar-refractivity contribution >= 4 is 38.6 Å². The Bertz CT molecular complexity index is 3720. The van der Waals surface area contributed by atoms with Crippen LogP contribution in [0.3, 0.4) is 0 Å². The molecule has 0 spiro atoms. The maximum absolute atomic E-state index is 2.51. The molecule has 0 N–H and O–H groups in total. The van der Waals surface area contributed by atoms with Crippen LogP contribution in [-0.4, -0.2) is 0 Å². The van der Waals surface area contributed by atoms with Crippen molar-refractivity contribution < 1.29 is 0 Å². The third-order valence-electron chi connectivity index (χ3n) is 13.5. The molecule has 1 nitrogen and oxygen atoms in total. The minimum atomic E-state index is 1.06. The summed E-state index contributed by atoms with van der Waals surface area (Å²) in [4.78, 5) is 2.51. The van der Waals surface area contributed by atoms with Gasteiger partial charge in [0.05, 0.1) is 11.4 Å². The number of benzene rings is 12. The predicted octanol–water partition coefficient (Wildman–Crippen LogP) is 19.1. The zero-order valence-corrected chi connectivity index (χ0v) is 38.1. The summed E-state index contributed by atoms with van der Waals surface area (Å²) in [7, 11) is 0. The van der Waals surface area contributed by atoms with E-state index in [1.165, 1.54) is 82.7 Å². The first-order valence-corrected chi connectivity index (χ1v) is 23.8. The first-order valence-electron chi connectivity index (χ1n) is 23.8. The number of fused-ring (bicyclic) bond motifs is 3. The van der Waals surface area contributed by atoms with Crippen LogP contribution in [0.25, 0.3) is 99.4 Å². The smallest absolute Gasteiger partial charge is 0.0546 e. The van der Waals surface area contributed by atoms with Crippen LogP contribution in [-0.2, 0) is 0 Å². The monoisotopic (exact) mass is 877 g/mol. The Morgan fingerprint density at radius 3 is 1.17 bits per heavy atom. The molecule has 0 aliphatic carbocycles. The maximum Gasteiger partial charge on any atom is 0.0546 e. The molecular weight excluding hydrogens is 831 g/mol. The molecule has 0 saturated carbocycles. The van der Waals surface area contributed by atoms with E-state index in [9.17, 15) is 0 Å². The standard InChI is InChI=1S/C68H47N/c1-7-22-48(23-8-1)55-40-44-58(62(46-55)50-26-11-3-12-27-50)52-38-42-57(43-39-52)69(64-45-41-56(49-24-9-2-10-25-49)47-63(64)51-28-13-4-14-29-51)65-37-21-36-61-59-34-19-20-35-60(59)66(53-30-15-5-16-31-53)67(68(61)65)54-32-17-6-18-33-54/h1-47H. The Balaban J connectivity index is 1.14. The molecule has 0 aliphatic heterocycles. The predicted molar refractivity (Wildman–Crippen MR) is 294 cm³/mol. The summed E-state index contributed by atoms with van der Waals surface area (Å²) in [6, 6.07) is 104. The molecular formula is C68H47N. The van der Waals surface area contributed by atoms with E-state index in [4.69, 9.17) is 0 Å². The van der Waals surface area contributed by atoms with Crippen LogP contribution in [0.2, 0.25) is 0 Å². The largest absolute Gasteiger partial charge is 0.309 e.